The van der Waals surface area contributed by atoms with Gasteiger partial charge in [0.15, 0.2) is 0 Å². The molecule has 0 bridgehead atoms. The van der Waals surface area contributed by atoms with E-state index in [4.69, 9.17) is 0 Å². The van der Waals surface area contributed by atoms with Crippen LogP contribution in [0.5, 0.6) is 0 Å². The molecule has 0 unspecified atom stereocenters. The summed E-state index contributed by atoms with van der Waals surface area (Å²) in [4.78, 5) is 14.4. The van der Waals surface area contributed by atoms with Gasteiger partial charge in [0.05, 0.1) is 12.7 Å². The number of methoxy groups -OCH3 is 1. The number of halogens is 3. The van der Waals surface area contributed by atoms with Crippen LogP contribution in [-0.4, -0.2) is 25.8 Å². The molecule has 1 aromatic carbocycles. The number of aliphatic imine (C=N–C) groups is 1. The number of esters is 1. The highest BCUT2D eigenvalue weighted by Crippen LogP contribution is 2.28. The van der Waals surface area contributed by atoms with E-state index in [-0.39, 0.29) is 6.54 Å². The fourth-order valence-electron chi connectivity index (χ4n) is 1.05. The van der Waals surface area contributed by atoms with Gasteiger partial charge in [0, 0.05) is 6.21 Å². The lowest BCUT2D eigenvalue weighted by atomic mass is 10.1. The molecule has 0 radical (unpaired) electrons. The summed E-state index contributed by atoms with van der Waals surface area (Å²) in [6, 6.07) is 4.48. The maximum atomic E-state index is 12.2. The number of nitrogens with zero attached hydrogens (tertiary/aromatic N) is 1. The molecule has 17 heavy (non-hydrogen) atoms. The summed E-state index contributed by atoms with van der Waals surface area (Å²) < 4.78 is 41.0. The minimum Gasteiger partial charge on any atom is -0.468 e. The lowest BCUT2D eigenvalue weighted by molar-refractivity contribution is -0.139. The van der Waals surface area contributed by atoms with Gasteiger partial charge in [0.1, 0.15) is 6.54 Å². The molecule has 0 saturated carbocycles. The summed E-state index contributed by atoms with van der Waals surface area (Å²) in [6.07, 6.45) is -3.03. The van der Waals surface area contributed by atoms with E-state index < -0.39 is 17.7 Å². The van der Waals surface area contributed by atoms with Crippen molar-refractivity contribution >= 4 is 12.2 Å². The first-order chi connectivity index (χ1) is 7.93. The Morgan fingerprint density at radius 1 is 1.35 bits per heavy atom. The van der Waals surface area contributed by atoms with E-state index in [1.54, 1.807) is 0 Å². The summed E-state index contributed by atoms with van der Waals surface area (Å²) in [6.45, 7) is -0.155. The van der Waals surface area contributed by atoms with E-state index in [0.717, 1.165) is 12.1 Å². The molecule has 6 heteroatoms. The van der Waals surface area contributed by atoms with Gasteiger partial charge in [-0.2, -0.15) is 13.2 Å². The molecule has 0 aliphatic carbocycles. The number of benzene rings is 1. The second-order valence-electron chi connectivity index (χ2n) is 3.17. The monoisotopic (exact) mass is 246 g/mol. The number of carbonyl (C=O) groups excluding carboxylic acids is 1. The first kappa shape index (κ1) is 13.2. The third-order valence-corrected chi connectivity index (χ3v) is 1.93. The van der Waals surface area contributed by atoms with Crippen LogP contribution in [0, 0.1) is 0 Å². The Morgan fingerprint density at radius 2 is 1.94 bits per heavy atom. The first-order valence-electron chi connectivity index (χ1n) is 4.67. The first-order valence-corrected chi connectivity index (χ1v) is 4.67. The van der Waals surface area contributed by atoms with Crippen LogP contribution < -0.4 is 0 Å². The van der Waals surface area contributed by atoms with Gasteiger partial charge in [0.2, 0.25) is 0 Å². The van der Waals surface area contributed by atoms with Crippen LogP contribution in [0.4, 0.5) is 13.2 Å². The zero-order valence-electron chi connectivity index (χ0n) is 8.99. The van der Waals surface area contributed by atoms with Crippen LogP contribution >= 0.6 is 0 Å². The van der Waals surface area contributed by atoms with Gasteiger partial charge in [0.25, 0.3) is 0 Å². The Hall–Kier alpha value is -1.85. The molecule has 0 aliphatic rings. The second kappa shape index (κ2) is 5.47. The molecule has 0 aromatic heterocycles. The van der Waals surface area contributed by atoms with Crippen LogP contribution in [0.25, 0.3) is 0 Å². The molecule has 0 amide bonds. The molecule has 0 aliphatic heterocycles. The van der Waals surface area contributed by atoms with Crippen LogP contribution in [0.15, 0.2) is 29.3 Å². The van der Waals surface area contributed by atoms with Gasteiger partial charge in [-0.05, 0) is 17.7 Å². The molecule has 1 aromatic rings. The van der Waals surface area contributed by atoms with Gasteiger partial charge >= 0.3 is 12.1 Å². The quantitative estimate of drug-likeness (QED) is 0.466. The molecule has 0 spiro atoms. The Balaban J connectivity index is 2.66. The predicted molar refractivity (Wildman–Crippen MR) is 55.9 cm³/mol. The minimum atomic E-state index is -4.35. The van der Waals surface area contributed by atoms with Crippen molar-refractivity contribution in [1.29, 1.82) is 0 Å². The van der Waals surface area contributed by atoms with Crippen molar-refractivity contribution in [3.05, 3.63) is 35.4 Å². The average molecular weight is 246 g/mol. The highest BCUT2D eigenvalue weighted by molar-refractivity contribution is 5.82. The third-order valence-electron chi connectivity index (χ3n) is 1.93. The van der Waals surface area contributed by atoms with Crippen molar-refractivity contribution < 1.29 is 22.7 Å². The largest absolute Gasteiger partial charge is 0.468 e. The SMILES string of the molecule is COC(=O)C[15N]=Cc1ccc(C(F)(F)F)cc1. The zero-order valence-corrected chi connectivity index (χ0v) is 8.99. The molecule has 0 saturated heterocycles. The van der Waals surface area contributed by atoms with Gasteiger partial charge in [-0.1, -0.05) is 12.1 Å². The molecule has 3 nitrogen and oxygen atoms in total. The number of rotatable bonds is 3. The number of carbonyl (C=O) groups is 1. The maximum absolute atomic E-state index is 12.2. The van der Waals surface area contributed by atoms with Crippen molar-refractivity contribution in [2.45, 2.75) is 6.18 Å². The molecule has 1 rings (SSSR count). The van der Waals surface area contributed by atoms with Crippen molar-refractivity contribution in [3.8, 4) is 0 Å². The molecular formula is C11H10F3NO2. The standard InChI is InChI=1S/C11H10F3NO2/c1-17-10(16)7-15-6-8-2-4-9(5-3-8)11(12,13)14/h2-6H,7H2,1H3/i15+1. The highest BCUT2D eigenvalue weighted by atomic mass is 19.4. The Labute approximate surface area is 95.9 Å². The summed E-state index contributed by atoms with van der Waals surface area (Å²) in [5, 5.41) is 0. The molecule has 0 atom stereocenters. The summed E-state index contributed by atoms with van der Waals surface area (Å²) in [5.41, 5.74) is -0.232. The predicted octanol–water partition coefficient (Wildman–Crippen LogP) is 2.30. The van der Waals surface area contributed by atoms with Crippen LogP contribution in [-0.2, 0) is 15.7 Å². The zero-order chi connectivity index (χ0) is 12.9. The molecule has 92 valence electrons. The summed E-state index contributed by atoms with van der Waals surface area (Å²) in [5.74, 6) is -0.506. The Morgan fingerprint density at radius 3 is 2.41 bits per heavy atom. The molecule has 0 fully saturated rings. The average Bonchev–Trinajstić information content (AvgIpc) is 2.28. The molecule has 0 heterocycles. The van der Waals surface area contributed by atoms with Crippen LogP contribution in [0.2, 0.25) is 0 Å². The summed E-state index contributed by atoms with van der Waals surface area (Å²) >= 11 is 0. The topological polar surface area (TPSA) is 38.7 Å². The van der Waals surface area contributed by atoms with Gasteiger partial charge < -0.3 is 4.74 Å². The fraction of sp³-hybridized carbons (Fsp3) is 0.273. The minimum absolute atomic E-state index is 0.155. The molecular weight excluding hydrogens is 236 g/mol. The van der Waals surface area contributed by atoms with E-state index in [1.807, 2.05) is 0 Å². The Kier molecular flexibility index (Phi) is 4.25. The Bertz CT molecular complexity index is 410. The van der Waals surface area contributed by atoms with Gasteiger partial charge in [-0.25, -0.2) is 0 Å². The smallest absolute Gasteiger partial charge is 0.416 e. The third kappa shape index (κ3) is 4.26. The van der Waals surface area contributed by atoms with Crippen molar-refractivity contribution in [3.63, 3.8) is 0 Å². The summed E-state index contributed by atoms with van der Waals surface area (Å²) in [7, 11) is 1.23. The lowest BCUT2D eigenvalue weighted by Crippen LogP contribution is -2.05. The van der Waals surface area contributed by atoms with Crippen molar-refractivity contribution in [2.75, 3.05) is 13.7 Å². The number of hydrogen-bond acceptors (Lipinski definition) is 3. The van der Waals surface area contributed by atoms with Gasteiger partial charge in [-0.3, -0.25) is 9.79 Å². The lowest BCUT2D eigenvalue weighted by Gasteiger charge is -2.05. The molecule has 0 N–H and O–H groups in total. The van der Waals surface area contributed by atoms with E-state index >= 15 is 0 Å². The van der Waals surface area contributed by atoms with E-state index in [2.05, 4.69) is 9.73 Å². The second-order valence-corrected chi connectivity index (χ2v) is 3.17. The normalized spacial score (nSPS) is 11.8. The van der Waals surface area contributed by atoms with Gasteiger partial charge in [-0.15, -0.1) is 0 Å². The van der Waals surface area contributed by atoms with Crippen LogP contribution in [0.3, 0.4) is 0 Å². The van der Waals surface area contributed by atoms with Crippen LogP contribution in [0.1, 0.15) is 11.1 Å². The van der Waals surface area contributed by atoms with E-state index in [9.17, 15) is 18.0 Å². The maximum Gasteiger partial charge on any atom is 0.416 e. The van der Waals surface area contributed by atoms with E-state index in [0.29, 0.717) is 5.56 Å². The fourth-order valence-corrected chi connectivity index (χ4v) is 1.05. The number of ether oxygens (including phenoxy) is 1. The number of alkyl halides is 3. The highest BCUT2D eigenvalue weighted by Gasteiger charge is 2.29. The van der Waals surface area contributed by atoms with E-state index in [1.165, 1.54) is 25.5 Å². The van der Waals surface area contributed by atoms with Crippen molar-refractivity contribution in [2.24, 2.45) is 4.99 Å². The van der Waals surface area contributed by atoms with Crippen molar-refractivity contribution in [1.82, 2.24) is 0 Å². The number of hydrogen-bond donors (Lipinski definition) is 0.